The molecule has 2 aliphatic heterocycles. The van der Waals surface area contributed by atoms with E-state index in [0.29, 0.717) is 12.5 Å². The van der Waals surface area contributed by atoms with Crippen molar-refractivity contribution in [1.82, 2.24) is 14.7 Å². The minimum absolute atomic E-state index is 0.0997. The van der Waals surface area contributed by atoms with Crippen molar-refractivity contribution in [3.63, 3.8) is 0 Å². The predicted molar refractivity (Wildman–Crippen MR) is 110 cm³/mol. The minimum atomic E-state index is 0.0997. The van der Waals surface area contributed by atoms with E-state index in [0.717, 1.165) is 45.8 Å². The van der Waals surface area contributed by atoms with E-state index in [1.165, 1.54) is 11.1 Å². The van der Waals surface area contributed by atoms with E-state index in [2.05, 4.69) is 50.9 Å². The number of hydrogen-bond acceptors (Lipinski definition) is 5. The highest BCUT2D eigenvalue weighted by Crippen LogP contribution is 2.26. The quantitative estimate of drug-likeness (QED) is 0.854. The highest BCUT2D eigenvalue weighted by Gasteiger charge is 2.33. The lowest BCUT2D eigenvalue weighted by molar-refractivity contribution is -0.134. The van der Waals surface area contributed by atoms with E-state index in [1.807, 2.05) is 11.0 Å². The Morgan fingerprint density at radius 2 is 1.81 bits per heavy atom. The molecule has 2 aromatic rings. The van der Waals surface area contributed by atoms with Gasteiger partial charge in [-0.15, -0.1) is 0 Å². The lowest BCUT2D eigenvalue weighted by Gasteiger charge is -2.35. The second-order valence-corrected chi connectivity index (χ2v) is 8.44. The van der Waals surface area contributed by atoms with E-state index in [9.17, 15) is 4.79 Å². The molecule has 0 radical (unpaired) electrons. The third kappa shape index (κ3) is 4.58. The van der Waals surface area contributed by atoms with Gasteiger partial charge in [0.2, 0.25) is 5.91 Å². The van der Waals surface area contributed by atoms with Crippen LogP contribution in [0.2, 0.25) is 0 Å². The van der Waals surface area contributed by atoms with Gasteiger partial charge in [0, 0.05) is 57.8 Å². The van der Waals surface area contributed by atoms with E-state index < -0.39 is 0 Å². The molecule has 0 aliphatic carbocycles. The van der Waals surface area contributed by atoms with Crippen LogP contribution in [0.15, 0.2) is 47.2 Å². The summed E-state index contributed by atoms with van der Waals surface area (Å²) in [4.78, 5) is 19.4. The molecule has 0 saturated carbocycles. The summed E-state index contributed by atoms with van der Waals surface area (Å²) in [7, 11) is 0. The molecule has 0 bridgehead atoms. The Bertz CT molecular complexity index is 728. The van der Waals surface area contributed by atoms with Gasteiger partial charge in [-0.25, -0.2) is 0 Å². The minimum Gasteiger partial charge on any atom is -0.339 e. The van der Waals surface area contributed by atoms with Gasteiger partial charge in [0.1, 0.15) is 0 Å². The molecule has 1 amide bonds. The number of carbonyl (C=O) groups excluding carboxylic acids is 1. The standard InChI is InChI=1S/C21H28N4OS/c22-20-14-24(13-19(20)18-4-2-1-3-5-18)15-21(26)25-9-7-23(8-10-25)12-17-6-11-27-16-17/h1-6,11,16,19-20H,7-10,12-15,22H2/t19-,20+/m0/s1. The smallest absolute Gasteiger partial charge is 0.236 e. The number of hydrogen-bond donors (Lipinski definition) is 1. The average Bonchev–Trinajstić information content (AvgIpc) is 3.32. The number of rotatable bonds is 5. The number of piperazine rings is 1. The van der Waals surface area contributed by atoms with E-state index in [1.54, 1.807) is 11.3 Å². The maximum atomic E-state index is 12.8. The Kier molecular flexibility index (Phi) is 5.88. The maximum absolute atomic E-state index is 12.8. The van der Waals surface area contributed by atoms with Crippen LogP contribution in [-0.2, 0) is 11.3 Å². The highest BCUT2D eigenvalue weighted by molar-refractivity contribution is 7.07. The van der Waals surface area contributed by atoms with Gasteiger partial charge in [-0.1, -0.05) is 30.3 Å². The Morgan fingerprint density at radius 3 is 2.52 bits per heavy atom. The normalized spacial score (nSPS) is 24.4. The number of nitrogens with two attached hydrogens (primary N) is 1. The van der Waals surface area contributed by atoms with Crippen molar-refractivity contribution in [2.45, 2.75) is 18.5 Å². The highest BCUT2D eigenvalue weighted by atomic mass is 32.1. The Labute approximate surface area is 165 Å². The van der Waals surface area contributed by atoms with Crippen LogP contribution < -0.4 is 5.73 Å². The van der Waals surface area contributed by atoms with E-state index in [4.69, 9.17) is 5.73 Å². The number of carbonyl (C=O) groups is 1. The summed E-state index contributed by atoms with van der Waals surface area (Å²) < 4.78 is 0. The van der Waals surface area contributed by atoms with Crippen molar-refractivity contribution in [1.29, 1.82) is 0 Å². The van der Waals surface area contributed by atoms with Gasteiger partial charge >= 0.3 is 0 Å². The van der Waals surface area contributed by atoms with Crippen LogP contribution in [0.5, 0.6) is 0 Å². The zero-order valence-electron chi connectivity index (χ0n) is 15.7. The number of amides is 1. The Hall–Kier alpha value is -1.73. The van der Waals surface area contributed by atoms with Gasteiger partial charge in [-0.2, -0.15) is 11.3 Å². The molecular formula is C21H28N4OS. The summed E-state index contributed by atoms with van der Waals surface area (Å²) >= 11 is 1.74. The molecule has 2 fully saturated rings. The molecule has 0 spiro atoms. The second-order valence-electron chi connectivity index (χ2n) is 7.66. The monoisotopic (exact) mass is 384 g/mol. The second kappa shape index (κ2) is 8.52. The summed E-state index contributed by atoms with van der Waals surface area (Å²) in [6.45, 7) is 6.70. The molecule has 2 atom stereocenters. The fourth-order valence-corrected chi connectivity index (χ4v) is 4.84. The summed E-state index contributed by atoms with van der Waals surface area (Å²) in [5.74, 6) is 0.563. The number of nitrogens with zero attached hydrogens (tertiary/aromatic N) is 3. The van der Waals surface area contributed by atoms with Crippen LogP contribution in [0.1, 0.15) is 17.0 Å². The van der Waals surface area contributed by atoms with Crippen LogP contribution in [0.4, 0.5) is 0 Å². The number of benzene rings is 1. The maximum Gasteiger partial charge on any atom is 0.236 e. The molecule has 5 nitrogen and oxygen atoms in total. The molecule has 1 aromatic carbocycles. The molecule has 27 heavy (non-hydrogen) atoms. The molecule has 6 heteroatoms. The summed E-state index contributed by atoms with van der Waals surface area (Å²) in [6.07, 6.45) is 0. The molecular weight excluding hydrogens is 356 g/mol. The van der Waals surface area contributed by atoms with Crippen LogP contribution in [0.25, 0.3) is 0 Å². The van der Waals surface area contributed by atoms with Crippen molar-refractivity contribution in [3.8, 4) is 0 Å². The van der Waals surface area contributed by atoms with Crippen LogP contribution in [0.3, 0.4) is 0 Å². The lowest BCUT2D eigenvalue weighted by atomic mass is 9.95. The van der Waals surface area contributed by atoms with E-state index in [-0.39, 0.29) is 11.9 Å². The van der Waals surface area contributed by atoms with Crippen LogP contribution in [-0.4, -0.2) is 72.5 Å². The van der Waals surface area contributed by atoms with Gasteiger partial charge < -0.3 is 10.6 Å². The summed E-state index contributed by atoms with van der Waals surface area (Å²) in [5.41, 5.74) is 9.02. The lowest BCUT2D eigenvalue weighted by Crippen LogP contribution is -2.50. The first-order chi connectivity index (χ1) is 13.2. The van der Waals surface area contributed by atoms with Crippen molar-refractivity contribution < 1.29 is 4.79 Å². The molecule has 1 aromatic heterocycles. The molecule has 3 heterocycles. The van der Waals surface area contributed by atoms with Gasteiger partial charge in [0.05, 0.1) is 6.54 Å². The summed E-state index contributed by atoms with van der Waals surface area (Å²) in [5, 5.41) is 4.33. The molecule has 4 rings (SSSR count). The van der Waals surface area contributed by atoms with Gasteiger partial charge in [0.15, 0.2) is 0 Å². The fraction of sp³-hybridized carbons (Fsp3) is 0.476. The molecule has 2 N–H and O–H groups in total. The molecule has 2 aliphatic rings. The topological polar surface area (TPSA) is 52.8 Å². The van der Waals surface area contributed by atoms with Gasteiger partial charge in [-0.3, -0.25) is 14.6 Å². The van der Waals surface area contributed by atoms with E-state index >= 15 is 0 Å². The summed E-state index contributed by atoms with van der Waals surface area (Å²) in [6, 6.07) is 12.7. The molecule has 144 valence electrons. The van der Waals surface area contributed by atoms with Crippen LogP contribution >= 0.6 is 11.3 Å². The van der Waals surface area contributed by atoms with Crippen molar-refractivity contribution in [2.75, 3.05) is 45.8 Å². The first kappa shape index (κ1) is 18.6. The third-order valence-electron chi connectivity index (χ3n) is 5.74. The van der Waals surface area contributed by atoms with Gasteiger partial charge in [-0.05, 0) is 28.0 Å². The fourth-order valence-electron chi connectivity index (χ4n) is 4.18. The van der Waals surface area contributed by atoms with Crippen molar-refractivity contribution >= 4 is 17.2 Å². The third-order valence-corrected chi connectivity index (χ3v) is 6.47. The first-order valence-electron chi connectivity index (χ1n) is 9.73. The Balaban J connectivity index is 1.25. The van der Waals surface area contributed by atoms with Gasteiger partial charge in [0.25, 0.3) is 0 Å². The number of thiophene rings is 1. The largest absolute Gasteiger partial charge is 0.339 e. The van der Waals surface area contributed by atoms with Crippen molar-refractivity contribution in [2.24, 2.45) is 5.73 Å². The SMILES string of the molecule is N[C@@H]1CN(CC(=O)N2CCN(Cc3ccsc3)CC2)C[C@H]1c1ccccc1. The van der Waals surface area contributed by atoms with Crippen LogP contribution in [0, 0.1) is 0 Å². The molecule has 2 saturated heterocycles. The number of likely N-dealkylation sites (tertiary alicyclic amines) is 1. The first-order valence-corrected chi connectivity index (χ1v) is 10.7. The average molecular weight is 385 g/mol. The Morgan fingerprint density at radius 1 is 1.04 bits per heavy atom. The molecule has 0 unspecified atom stereocenters. The van der Waals surface area contributed by atoms with Crippen molar-refractivity contribution in [3.05, 3.63) is 58.3 Å². The predicted octanol–water partition coefficient (Wildman–Crippen LogP) is 1.82. The zero-order valence-corrected chi connectivity index (χ0v) is 16.5. The zero-order chi connectivity index (χ0) is 18.6.